The average molecular weight is 508 g/mol. The molecule has 0 aliphatic carbocycles. The number of carbonyl (C=O) groups is 3. The molecule has 0 atom stereocenters. The Kier molecular flexibility index (Phi) is 6.40. The highest BCUT2D eigenvalue weighted by Crippen LogP contribution is 2.32. The molecule has 0 unspecified atom stereocenters. The predicted molar refractivity (Wildman–Crippen MR) is 142 cm³/mol. The number of hydrogen-bond donors (Lipinski definition) is 1. The number of hydrogen-bond acceptors (Lipinski definition) is 6. The maximum Gasteiger partial charge on any atom is 0.335 e. The Hall–Kier alpha value is -5.31. The van der Waals surface area contributed by atoms with Gasteiger partial charge >= 0.3 is 6.03 Å². The number of anilines is 1. The fourth-order valence-electron chi connectivity index (χ4n) is 4.27. The monoisotopic (exact) mass is 507 g/mol. The van der Waals surface area contributed by atoms with Crippen LogP contribution in [0.15, 0.2) is 90.5 Å². The van der Waals surface area contributed by atoms with Crippen LogP contribution in [0.5, 0.6) is 5.75 Å². The van der Waals surface area contributed by atoms with E-state index >= 15 is 0 Å². The standard InChI is InChI=1S/C29H21N3O6/c1-18-6-4-9-21(14-18)31-28(34)25(27(33)30-29(31)35)16-24-23-11-3-2-8-20(23)12-13-26(24)38-17-19-7-5-10-22(15-19)32(36)37/h2-16H,17H2,1H3,(H,30,33,35)/b25-16+. The highest BCUT2D eigenvalue weighted by molar-refractivity contribution is 6.39. The van der Waals surface area contributed by atoms with Gasteiger partial charge in [0, 0.05) is 17.7 Å². The van der Waals surface area contributed by atoms with Crippen LogP contribution in [-0.2, 0) is 16.2 Å². The molecule has 1 aliphatic rings. The topological polar surface area (TPSA) is 119 Å². The first kappa shape index (κ1) is 24.4. The number of benzene rings is 4. The molecule has 0 radical (unpaired) electrons. The first-order chi connectivity index (χ1) is 18.3. The molecule has 38 heavy (non-hydrogen) atoms. The number of nitrogens with zero attached hydrogens (tertiary/aromatic N) is 2. The number of ether oxygens (including phenoxy) is 1. The highest BCUT2D eigenvalue weighted by atomic mass is 16.6. The molecule has 4 aromatic rings. The Morgan fingerprint density at radius 2 is 1.74 bits per heavy atom. The smallest absolute Gasteiger partial charge is 0.335 e. The molecule has 1 heterocycles. The molecule has 5 rings (SSSR count). The van der Waals surface area contributed by atoms with E-state index in [1.807, 2.05) is 43.3 Å². The summed E-state index contributed by atoms with van der Waals surface area (Å²) in [6, 6.07) is 23.0. The number of imide groups is 2. The molecule has 9 heteroatoms. The molecule has 9 nitrogen and oxygen atoms in total. The average Bonchev–Trinajstić information content (AvgIpc) is 2.90. The second-order valence-electron chi connectivity index (χ2n) is 8.71. The first-order valence-corrected chi connectivity index (χ1v) is 11.7. The van der Waals surface area contributed by atoms with Crippen molar-refractivity contribution < 1.29 is 24.0 Å². The minimum Gasteiger partial charge on any atom is -0.488 e. The summed E-state index contributed by atoms with van der Waals surface area (Å²) >= 11 is 0. The Morgan fingerprint density at radius 1 is 0.947 bits per heavy atom. The molecule has 4 amide bonds. The van der Waals surface area contributed by atoms with Crippen LogP contribution in [0.2, 0.25) is 0 Å². The number of barbiturate groups is 1. The van der Waals surface area contributed by atoms with Crippen molar-refractivity contribution in [2.24, 2.45) is 0 Å². The maximum atomic E-state index is 13.5. The quantitative estimate of drug-likeness (QED) is 0.164. The molecule has 0 aromatic heterocycles. The normalized spacial score (nSPS) is 14.6. The van der Waals surface area contributed by atoms with Crippen LogP contribution in [0.25, 0.3) is 16.8 Å². The second kappa shape index (κ2) is 9.98. The van der Waals surface area contributed by atoms with Gasteiger partial charge in [0.25, 0.3) is 17.5 Å². The van der Waals surface area contributed by atoms with Crippen LogP contribution in [0.3, 0.4) is 0 Å². The zero-order valence-electron chi connectivity index (χ0n) is 20.2. The van der Waals surface area contributed by atoms with Gasteiger partial charge in [-0.1, -0.05) is 54.6 Å². The lowest BCUT2D eigenvalue weighted by molar-refractivity contribution is -0.384. The van der Waals surface area contributed by atoms with Crippen molar-refractivity contribution in [3.63, 3.8) is 0 Å². The summed E-state index contributed by atoms with van der Waals surface area (Å²) in [5, 5.41) is 14.9. The number of aryl methyl sites for hydroxylation is 1. The van der Waals surface area contributed by atoms with Crippen LogP contribution < -0.4 is 15.0 Å². The van der Waals surface area contributed by atoms with Gasteiger partial charge in [0.1, 0.15) is 17.9 Å². The summed E-state index contributed by atoms with van der Waals surface area (Å²) in [5.74, 6) is -1.22. The van der Waals surface area contributed by atoms with Gasteiger partial charge in [-0.25, -0.2) is 9.69 Å². The van der Waals surface area contributed by atoms with Crippen LogP contribution in [0.1, 0.15) is 16.7 Å². The van der Waals surface area contributed by atoms with Crippen LogP contribution >= 0.6 is 0 Å². The Balaban J connectivity index is 1.57. The van der Waals surface area contributed by atoms with Gasteiger partial charge in [0.15, 0.2) is 0 Å². The van der Waals surface area contributed by atoms with E-state index < -0.39 is 22.8 Å². The van der Waals surface area contributed by atoms with Gasteiger partial charge in [-0.3, -0.25) is 25.0 Å². The SMILES string of the molecule is Cc1cccc(N2C(=O)NC(=O)/C(=C\c3c(OCc4cccc([N+](=O)[O-])c4)ccc4ccccc34)C2=O)c1. The summed E-state index contributed by atoms with van der Waals surface area (Å²) < 4.78 is 6.04. The van der Waals surface area contributed by atoms with Crippen molar-refractivity contribution in [2.45, 2.75) is 13.5 Å². The molecule has 188 valence electrons. The van der Waals surface area contributed by atoms with Crippen LogP contribution in [-0.4, -0.2) is 22.8 Å². The number of nitrogens with one attached hydrogen (secondary N) is 1. The van der Waals surface area contributed by atoms with E-state index in [9.17, 15) is 24.5 Å². The molecule has 0 spiro atoms. The van der Waals surface area contributed by atoms with Crippen molar-refractivity contribution in [3.8, 4) is 5.75 Å². The van der Waals surface area contributed by atoms with E-state index in [0.717, 1.165) is 21.2 Å². The zero-order valence-corrected chi connectivity index (χ0v) is 20.2. The Bertz CT molecular complexity index is 1660. The molecule has 0 saturated carbocycles. The molecular formula is C29H21N3O6. The number of nitro benzene ring substituents is 1. The van der Waals surface area contributed by atoms with Crippen molar-refractivity contribution in [2.75, 3.05) is 4.90 Å². The van der Waals surface area contributed by atoms with E-state index in [-0.39, 0.29) is 17.9 Å². The second-order valence-corrected chi connectivity index (χ2v) is 8.71. The van der Waals surface area contributed by atoms with Crippen LogP contribution in [0, 0.1) is 17.0 Å². The zero-order chi connectivity index (χ0) is 26.8. The third kappa shape index (κ3) is 4.72. The summed E-state index contributed by atoms with van der Waals surface area (Å²) in [4.78, 5) is 50.5. The van der Waals surface area contributed by atoms with Crippen molar-refractivity contribution in [1.82, 2.24) is 5.32 Å². The summed E-state index contributed by atoms with van der Waals surface area (Å²) in [6.07, 6.45) is 1.41. The Labute approximate surface area is 217 Å². The number of rotatable bonds is 6. The lowest BCUT2D eigenvalue weighted by Crippen LogP contribution is -2.54. The van der Waals surface area contributed by atoms with Gasteiger partial charge in [-0.15, -0.1) is 0 Å². The predicted octanol–water partition coefficient (Wildman–Crippen LogP) is 5.30. The fourth-order valence-corrected chi connectivity index (χ4v) is 4.27. The van der Waals surface area contributed by atoms with Crippen molar-refractivity contribution in [1.29, 1.82) is 0 Å². The largest absolute Gasteiger partial charge is 0.488 e. The van der Waals surface area contributed by atoms with E-state index in [1.165, 1.54) is 18.2 Å². The molecule has 1 saturated heterocycles. The lowest BCUT2D eigenvalue weighted by Gasteiger charge is -2.26. The van der Waals surface area contributed by atoms with E-state index in [0.29, 0.717) is 22.6 Å². The molecule has 0 bridgehead atoms. The summed E-state index contributed by atoms with van der Waals surface area (Å²) in [5.41, 5.74) is 1.93. The first-order valence-electron chi connectivity index (χ1n) is 11.7. The Morgan fingerprint density at radius 3 is 2.53 bits per heavy atom. The minimum atomic E-state index is -0.831. The molecule has 1 fully saturated rings. The minimum absolute atomic E-state index is 0.0181. The molecule has 1 aliphatic heterocycles. The number of urea groups is 1. The number of nitro groups is 1. The number of non-ortho nitro benzene ring substituents is 1. The van der Waals surface area contributed by atoms with Crippen molar-refractivity contribution >= 4 is 46.1 Å². The van der Waals surface area contributed by atoms with E-state index in [4.69, 9.17) is 4.74 Å². The third-order valence-electron chi connectivity index (χ3n) is 6.10. The molecular weight excluding hydrogens is 486 g/mol. The van der Waals surface area contributed by atoms with Crippen LogP contribution in [0.4, 0.5) is 16.2 Å². The summed E-state index contributed by atoms with van der Waals surface area (Å²) in [6.45, 7) is 1.85. The lowest BCUT2D eigenvalue weighted by atomic mass is 9.99. The van der Waals surface area contributed by atoms with Crippen molar-refractivity contribution in [3.05, 3.63) is 117 Å². The summed E-state index contributed by atoms with van der Waals surface area (Å²) in [7, 11) is 0. The molecule has 4 aromatic carbocycles. The number of fused-ring (bicyclic) bond motifs is 1. The van der Waals surface area contributed by atoms with Gasteiger partial charge < -0.3 is 4.74 Å². The molecule has 1 N–H and O–H groups in total. The number of carbonyl (C=O) groups excluding carboxylic acids is 3. The maximum absolute atomic E-state index is 13.5. The fraction of sp³-hybridized carbons (Fsp3) is 0.0690. The van der Waals surface area contributed by atoms with E-state index in [1.54, 1.807) is 36.4 Å². The van der Waals surface area contributed by atoms with Gasteiger partial charge in [0.05, 0.1) is 10.6 Å². The van der Waals surface area contributed by atoms with Gasteiger partial charge in [-0.2, -0.15) is 0 Å². The van der Waals surface area contributed by atoms with E-state index in [2.05, 4.69) is 5.32 Å². The van der Waals surface area contributed by atoms with Gasteiger partial charge in [0.2, 0.25) is 0 Å². The highest BCUT2D eigenvalue weighted by Gasteiger charge is 2.37. The van der Waals surface area contributed by atoms with Gasteiger partial charge in [-0.05, 0) is 53.1 Å². The third-order valence-corrected chi connectivity index (χ3v) is 6.10. The number of amides is 4.